The molecule has 0 spiro atoms. The van der Waals surface area contributed by atoms with Gasteiger partial charge in [-0.1, -0.05) is 72.3 Å². The van der Waals surface area contributed by atoms with Gasteiger partial charge in [-0.2, -0.15) is 0 Å². The lowest BCUT2D eigenvalue weighted by atomic mass is 10.0. The molecule has 37 heavy (non-hydrogen) atoms. The maximum absolute atomic E-state index is 13.4. The normalized spacial score (nSPS) is 19.9. The topological polar surface area (TPSA) is 69.7 Å². The zero-order chi connectivity index (χ0) is 25.6. The molecule has 0 bridgehead atoms. The number of hydrogen-bond acceptors (Lipinski definition) is 4. The van der Waals surface area contributed by atoms with Gasteiger partial charge in [0.1, 0.15) is 0 Å². The minimum Gasteiger partial charge on any atom is -0.336 e. The van der Waals surface area contributed by atoms with E-state index in [4.69, 9.17) is 0 Å². The second-order valence-corrected chi connectivity index (χ2v) is 11.6. The van der Waals surface area contributed by atoms with Gasteiger partial charge in [-0.05, 0) is 53.1 Å². The van der Waals surface area contributed by atoms with Crippen molar-refractivity contribution in [2.45, 2.75) is 23.9 Å². The number of carbonyl (C=O) groups excluding carboxylic acids is 1. The summed E-state index contributed by atoms with van der Waals surface area (Å²) in [6.07, 6.45) is 0. The van der Waals surface area contributed by atoms with Crippen LogP contribution in [0.3, 0.4) is 0 Å². The number of rotatable bonds is 5. The highest BCUT2D eigenvalue weighted by Gasteiger charge is 2.41. The van der Waals surface area contributed by atoms with Crippen LogP contribution in [0.1, 0.15) is 39.1 Å². The van der Waals surface area contributed by atoms with Crippen molar-refractivity contribution in [2.24, 2.45) is 0 Å². The van der Waals surface area contributed by atoms with Crippen molar-refractivity contribution >= 4 is 26.7 Å². The number of hydrogen-bond donors (Lipinski definition) is 1. The molecule has 1 aliphatic heterocycles. The van der Waals surface area contributed by atoms with Crippen molar-refractivity contribution < 1.29 is 13.2 Å². The summed E-state index contributed by atoms with van der Waals surface area (Å²) >= 11 is 0. The summed E-state index contributed by atoms with van der Waals surface area (Å²) in [5.41, 5.74) is 3.95. The second-order valence-electron chi connectivity index (χ2n) is 9.84. The van der Waals surface area contributed by atoms with Crippen molar-refractivity contribution in [3.05, 3.63) is 113 Å². The van der Waals surface area contributed by atoms with Gasteiger partial charge >= 0.3 is 0 Å². The first kappa shape index (κ1) is 23.9. The molecule has 1 heterocycles. The summed E-state index contributed by atoms with van der Waals surface area (Å²) in [6, 6.07) is 28.0. The zero-order valence-corrected chi connectivity index (χ0v) is 21.5. The zero-order valence-electron chi connectivity index (χ0n) is 20.7. The molecule has 2 atom stereocenters. The smallest absolute Gasteiger partial charge is 0.253 e. The number of aryl methyl sites for hydroxylation is 1. The first-order valence-corrected chi connectivity index (χ1v) is 14.1. The van der Waals surface area contributed by atoms with Crippen molar-refractivity contribution in [2.75, 3.05) is 26.2 Å². The van der Waals surface area contributed by atoms with Crippen LogP contribution in [0.4, 0.5) is 0 Å². The highest BCUT2D eigenvalue weighted by molar-refractivity contribution is 7.89. The van der Waals surface area contributed by atoms with E-state index in [1.54, 1.807) is 24.3 Å². The third kappa shape index (κ3) is 4.33. The molecule has 6 nitrogen and oxygen atoms in total. The van der Waals surface area contributed by atoms with Crippen LogP contribution >= 0.6 is 0 Å². The number of benzene rings is 4. The van der Waals surface area contributed by atoms with E-state index in [2.05, 4.69) is 27.8 Å². The Bertz CT molecular complexity index is 1560. The molecule has 0 aromatic heterocycles. The molecular formula is C30H29N3O3S. The van der Waals surface area contributed by atoms with E-state index in [-0.39, 0.29) is 16.8 Å². The molecule has 4 aromatic carbocycles. The van der Waals surface area contributed by atoms with Gasteiger partial charge in [0.2, 0.25) is 10.0 Å². The van der Waals surface area contributed by atoms with E-state index in [1.807, 2.05) is 60.4 Å². The molecular weight excluding hydrogens is 482 g/mol. The summed E-state index contributed by atoms with van der Waals surface area (Å²) in [5, 5.41) is 2.23. The number of piperazine rings is 1. The maximum atomic E-state index is 13.4. The first-order valence-electron chi connectivity index (χ1n) is 12.6. The van der Waals surface area contributed by atoms with E-state index in [1.165, 1.54) is 0 Å². The average Bonchev–Trinajstić information content (AvgIpc) is 3.23. The summed E-state index contributed by atoms with van der Waals surface area (Å²) < 4.78 is 29.9. The van der Waals surface area contributed by atoms with Gasteiger partial charge in [0.05, 0.1) is 17.0 Å². The predicted molar refractivity (Wildman–Crippen MR) is 145 cm³/mol. The van der Waals surface area contributed by atoms with E-state index < -0.39 is 16.1 Å². The first-order chi connectivity index (χ1) is 17.9. The third-order valence-electron chi connectivity index (χ3n) is 7.57. The highest BCUT2D eigenvalue weighted by Crippen LogP contribution is 2.47. The molecule has 0 unspecified atom stereocenters. The Labute approximate surface area is 217 Å². The fraction of sp³-hybridized carbons (Fsp3) is 0.233. The monoisotopic (exact) mass is 511 g/mol. The maximum Gasteiger partial charge on any atom is 0.253 e. The minimum absolute atomic E-state index is 0.0396. The van der Waals surface area contributed by atoms with Crippen LogP contribution in [0.2, 0.25) is 0 Å². The van der Waals surface area contributed by atoms with Crippen LogP contribution < -0.4 is 4.72 Å². The van der Waals surface area contributed by atoms with Gasteiger partial charge in [0.25, 0.3) is 5.91 Å². The number of nitrogens with zero attached hydrogens (tertiary/aromatic N) is 2. The van der Waals surface area contributed by atoms with Crippen LogP contribution in [-0.4, -0.2) is 50.3 Å². The Morgan fingerprint density at radius 2 is 1.43 bits per heavy atom. The number of amides is 1. The summed E-state index contributed by atoms with van der Waals surface area (Å²) in [6.45, 7) is 4.52. The minimum atomic E-state index is -3.73. The van der Waals surface area contributed by atoms with E-state index in [9.17, 15) is 13.2 Å². The predicted octanol–water partition coefficient (Wildman–Crippen LogP) is 4.68. The molecule has 7 heteroatoms. The quantitative estimate of drug-likeness (QED) is 0.422. The van der Waals surface area contributed by atoms with Crippen LogP contribution in [0, 0.1) is 6.92 Å². The number of sulfonamides is 1. The van der Waals surface area contributed by atoms with Crippen molar-refractivity contribution in [3.63, 3.8) is 0 Å². The van der Waals surface area contributed by atoms with Crippen LogP contribution in [0.25, 0.3) is 10.8 Å². The molecule has 1 aliphatic carbocycles. The summed E-state index contributed by atoms with van der Waals surface area (Å²) in [4.78, 5) is 17.6. The Morgan fingerprint density at radius 3 is 2.11 bits per heavy atom. The van der Waals surface area contributed by atoms with Crippen molar-refractivity contribution in [1.82, 2.24) is 14.5 Å². The molecule has 0 radical (unpaired) electrons. The molecule has 1 fully saturated rings. The standard InChI is InChI=1S/C30H29N3O3S/c1-21-13-15-23(16-14-21)30(34)33-19-17-32(18-20-33)29-26-12-6-8-22-7-5-11-25(27(22)26)28(29)31-37(35,36)24-9-3-2-4-10-24/h2-16,28-29,31H,17-20H2,1H3/t28-,29-/m0/s1. The fourth-order valence-electron chi connectivity index (χ4n) is 5.71. The average molecular weight is 512 g/mol. The number of nitrogens with one attached hydrogen (secondary N) is 1. The molecule has 1 N–H and O–H groups in total. The largest absolute Gasteiger partial charge is 0.336 e. The molecule has 188 valence electrons. The Morgan fingerprint density at radius 1 is 0.784 bits per heavy atom. The van der Waals surface area contributed by atoms with Gasteiger partial charge in [-0.15, -0.1) is 0 Å². The molecule has 0 saturated carbocycles. The van der Waals surface area contributed by atoms with E-state index in [0.717, 1.165) is 27.5 Å². The third-order valence-corrected chi connectivity index (χ3v) is 9.02. The lowest BCUT2D eigenvalue weighted by Gasteiger charge is -2.40. The summed E-state index contributed by atoms with van der Waals surface area (Å²) in [5.74, 6) is 0.0396. The van der Waals surface area contributed by atoms with Crippen LogP contribution in [-0.2, 0) is 10.0 Å². The molecule has 1 amide bonds. The van der Waals surface area contributed by atoms with E-state index >= 15 is 0 Å². The second kappa shape index (κ2) is 9.41. The van der Waals surface area contributed by atoms with Crippen LogP contribution in [0.15, 0.2) is 95.9 Å². The molecule has 6 rings (SSSR count). The molecule has 1 saturated heterocycles. The lowest BCUT2D eigenvalue weighted by molar-refractivity contribution is 0.0539. The van der Waals surface area contributed by atoms with Gasteiger partial charge < -0.3 is 4.90 Å². The molecule has 4 aromatic rings. The number of carbonyl (C=O) groups is 1. The van der Waals surface area contributed by atoms with E-state index in [0.29, 0.717) is 31.7 Å². The Kier molecular flexibility index (Phi) is 6.07. The highest BCUT2D eigenvalue weighted by atomic mass is 32.2. The fourth-order valence-corrected chi connectivity index (χ4v) is 6.95. The van der Waals surface area contributed by atoms with Gasteiger partial charge in [-0.25, -0.2) is 13.1 Å². The van der Waals surface area contributed by atoms with Crippen molar-refractivity contribution in [3.8, 4) is 0 Å². The van der Waals surface area contributed by atoms with Crippen LogP contribution in [0.5, 0.6) is 0 Å². The lowest BCUT2D eigenvalue weighted by Crippen LogP contribution is -2.51. The van der Waals surface area contributed by atoms with Gasteiger partial charge in [0.15, 0.2) is 0 Å². The summed E-state index contributed by atoms with van der Waals surface area (Å²) in [7, 11) is -3.73. The Hall–Kier alpha value is -3.52. The van der Waals surface area contributed by atoms with Gasteiger partial charge in [0, 0.05) is 31.7 Å². The van der Waals surface area contributed by atoms with Crippen molar-refractivity contribution in [1.29, 1.82) is 0 Å². The Balaban J connectivity index is 1.30. The molecule has 2 aliphatic rings. The SMILES string of the molecule is Cc1ccc(C(=O)N2CCN([C@H]3c4cccc5cccc(c45)[C@@H]3NS(=O)(=O)c3ccccc3)CC2)cc1. The van der Waals surface area contributed by atoms with Gasteiger partial charge in [-0.3, -0.25) is 9.69 Å².